The Morgan fingerprint density at radius 1 is 0.852 bits per heavy atom. The second-order valence-electron chi connectivity index (χ2n) is 6.03. The minimum Gasteiger partial charge on any atom is -0.478 e. The van der Waals surface area contributed by atoms with Crippen molar-refractivity contribution in [3.05, 3.63) is 70.0 Å². The zero-order chi connectivity index (χ0) is 19.6. The van der Waals surface area contributed by atoms with Gasteiger partial charge in [-0.1, -0.05) is 29.8 Å². The van der Waals surface area contributed by atoms with Crippen molar-refractivity contribution in [1.82, 2.24) is 9.80 Å². The molecule has 2 aromatic rings. The molecule has 27 heavy (non-hydrogen) atoms. The minimum atomic E-state index is -1.18. The monoisotopic (exact) mass is 390 g/mol. The Morgan fingerprint density at radius 2 is 1.41 bits per heavy atom. The summed E-state index contributed by atoms with van der Waals surface area (Å²) < 4.78 is 14.0. The van der Waals surface area contributed by atoms with Crippen LogP contribution < -0.4 is 0 Å². The second kappa shape index (κ2) is 7.75. The van der Waals surface area contributed by atoms with Gasteiger partial charge in [0, 0.05) is 26.2 Å². The number of carbonyl (C=O) groups is 3. The number of carboxylic acid groups (broad SMARTS) is 1. The van der Waals surface area contributed by atoms with Crippen molar-refractivity contribution in [2.24, 2.45) is 0 Å². The highest BCUT2D eigenvalue weighted by molar-refractivity contribution is 6.33. The summed E-state index contributed by atoms with van der Waals surface area (Å²) in [5, 5.41) is 9.27. The van der Waals surface area contributed by atoms with Gasteiger partial charge in [-0.05, 0) is 24.3 Å². The molecule has 1 aliphatic heterocycles. The van der Waals surface area contributed by atoms with Gasteiger partial charge in [-0.25, -0.2) is 9.18 Å². The van der Waals surface area contributed by atoms with Gasteiger partial charge in [0.15, 0.2) is 0 Å². The maximum Gasteiger partial charge on any atom is 0.336 e. The molecule has 0 saturated carbocycles. The fraction of sp³-hybridized carbons (Fsp3) is 0.211. The van der Waals surface area contributed by atoms with Gasteiger partial charge in [0.1, 0.15) is 5.82 Å². The van der Waals surface area contributed by atoms with Crippen molar-refractivity contribution in [3.63, 3.8) is 0 Å². The lowest BCUT2D eigenvalue weighted by atomic mass is 10.1. The molecule has 1 fully saturated rings. The molecule has 140 valence electrons. The standard InChI is InChI=1S/C19H16ClFN2O4/c20-14-6-3-7-15(21)16(14)18(25)23-10-8-22(9-11-23)17(24)12-4-1-2-5-13(12)19(26)27/h1-7H,8-11H2,(H,26,27). The maximum atomic E-state index is 14.0. The van der Waals surface area contributed by atoms with E-state index in [1.807, 2.05) is 0 Å². The topological polar surface area (TPSA) is 77.9 Å². The van der Waals surface area contributed by atoms with Crippen molar-refractivity contribution in [2.45, 2.75) is 0 Å². The molecular weight excluding hydrogens is 375 g/mol. The first-order valence-corrected chi connectivity index (χ1v) is 8.63. The van der Waals surface area contributed by atoms with Crippen molar-refractivity contribution in [2.75, 3.05) is 26.2 Å². The molecule has 2 amide bonds. The van der Waals surface area contributed by atoms with Crippen molar-refractivity contribution < 1.29 is 23.9 Å². The Balaban J connectivity index is 1.72. The largest absolute Gasteiger partial charge is 0.478 e. The zero-order valence-electron chi connectivity index (χ0n) is 14.2. The zero-order valence-corrected chi connectivity index (χ0v) is 14.9. The highest BCUT2D eigenvalue weighted by atomic mass is 35.5. The smallest absolute Gasteiger partial charge is 0.336 e. The number of carboxylic acids is 1. The lowest BCUT2D eigenvalue weighted by Crippen LogP contribution is -2.51. The normalized spacial score (nSPS) is 14.1. The Hall–Kier alpha value is -2.93. The van der Waals surface area contributed by atoms with Crippen LogP contribution >= 0.6 is 11.6 Å². The highest BCUT2D eigenvalue weighted by Gasteiger charge is 2.29. The van der Waals surface area contributed by atoms with E-state index in [2.05, 4.69) is 0 Å². The summed E-state index contributed by atoms with van der Waals surface area (Å²) in [4.78, 5) is 39.4. The summed E-state index contributed by atoms with van der Waals surface area (Å²) in [5.41, 5.74) is -0.156. The van der Waals surface area contributed by atoms with Crippen molar-refractivity contribution >= 4 is 29.4 Å². The third-order valence-corrected chi connectivity index (χ3v) is 4.73. The fourth-order valence-electron chi connectivity index (χ4n) is 3.00. The minimum absolute atomic E-state index is 0.0360. The van der Waals surface area contributed by atoms with E-state index >= 15 is 0 Å². The quantitative estimate of drug-likeness (QED) is 0.874. The van der Waals surface area contributed by atoms with Crippen LogP contribution in [0.5, 0.6) is 0 Å². The molecule has 0 aromatic heterocycles. The van der Waals surface area contributed by atoms with Crippen LogP contribution in [-0.4, -0.2) is 58.9 Å². The van der Waals surface area contributed by atoms with E-state index < -0.39 is 23.6 Å². The number of carbonyl (C=O) groups excluding carboxylic acids is 2. The van der Waals surface area contributed by atoms with E-state index in [4.69, 9.17) is 11.6 Å². The SMILES string of the molecule is O=C(O)c1ccccc1C(=O)N1CCN(C(=O)c2c(F)cccc2Cl)CC1. The van der Waals surface area contributed by atoms with Gasteiger partial charge in [-0.2, -0.15) is 0 Å². The van der Waals surface area contributed by atoms with Gasteiger partial charge in [0.25, 0.3) is 11.8 Å². The third kappa shape index (κ3) is 3.78. The van der Waals surface area contributed by atoms with Crippen LogP contribution in [0, 0.1) is 5.82 Å². The lowest BCUT2D eigenvalue weighted by Gasteiger charge is -2.35. The molecule has 0 atom stereocenters. The van der Waals surface area contributed by atoms with Crippen LogP contribution in [0.15, 0.2) is 42.5 Å². The first-order valence-electron chi connectivity index (χ1n) is 8.25. The molecule has 0 bridgehead atoms. The van der Waals surface area contributed by atoms with Gasteiger partial charge >= 0.3 is 5.97 Å². The van der Waals surface area contributed by atoms with E-state index in [1.54, 1.807) is 12.1 Å². The molecule has 1 N–H and O–H groups in total. The van der Waals surface area contributed by atoms with Crippen molar-refractivity contribution in [3.8, 4) is 0 Å². The molecule has 8 heteroatoms. The molecule has 1 saturated heterocycles. The number of rotatable bonds is 3. The molecule has 3 rings (SSSR count). The molecule has 1 heterocycles. The molecule has 0 aliphatic carbocycles. The predicted octanol–water partition coefficient (Wildman–Crippen LogP) is 2.78. The summed E-state index contributed by atoms with van der Waals surface area (Å²) in [5.74, 6) is -2.82. The van der Waals surface area contributed by atoms with Gasteiger partial charge in [-0.3, -0.25) is 9.59 Å². The molecule has 6 nitrogen and oxygen atoms in total. The molecule has 0 spiro atoms. The molecule has 0 radical (unpaired) electrons. The Morgan fingerprint density at radius 3 is 1.96 bits per heavy atom. The first kappa shape index (κ1) is 18.8. The Labute approximate surface area is 159 Å². The van der Waals surface area contributed by atoms with E-state index in [0.717, 1.165) is 0 Å². The van der Waals surface area contributed by atoms with E-state index in [-0.39, 0.29) is 47.9 Å². The number of halogens is 2. The van der Waals surface area contributed by atoms with E-state index in [0.29, 0.717) is 0 Å². The number of amides is 2. The molecular formula is C19H16ClFN2O4. The highest BCUT2D eigenvalue weighted by Crippen LogP contribution is 2.22. The van der Waals surface area contributed by atoms with Crippen LogP contribution in [0.1, 0.15) is 31.1 Å². The predicted molar refractivity (Wildman–Crippen MR) is 96.6 cm³/mol. The first-order chi connectivity index (χ1) is 12.9. The molecule has 1 aliphatic rings. The van der Waals surface area contributed by atoms with Gasteiger partial charge in [-0.15, -0.1) is 0 Å². The number of piperazine rings is 1. The van der Waals surface area contributed by atoms with Crippen LogP contribution in [0.25, 0.3) is 0 Å². The van der Waals surface area contributed by atoms with Gasteiger partial charge < -0.3 is 14.9 Å². The average molecular weight is 391 g/mol. The fourth-order valence-corrected chi connectivity index (χ4v) is 3.24. The van der Waals surface area contributed by atoms with Crippen LogP contribution in [-0.2, 0) is 0 Å². The Kier molecular flexibility index (Phi) is 5.41. The van der Waals surface area contributed by atoms with Crippen LogP contribution in [0.2, 0.25) is 5.02 Å². The number of hydrogen-bond donors (Lipinski definition) is 1. The van der Waals surface area contributed by atoms with Crippen LogP contribution in [0.4, 0.5) is 4.39 Å². The number of aromatic carboxylic acids is 1. The summed E-state index contributed by atoms with van der Waals surface area (Å²) in [6.45, 7) is 0.824. The number of benzene rings is 2. The summed E-state index contributed by atoms with van der Waals surface area (Å²) in [6.07, 6.45) is 0. The molecule has 0 unspecified atom stereocenters. The summed E-state index contributed by atoms with van der Waals surface area (Å²) >= 11 is 5.94. The van der Waals surface area contributed by atoms with E-state index in [9.17, 15) is 23.9 Å². The van der Waals surface area contributed by atoms with Gasteiger partial charge in [0.2, 0.25) is 0 Å². The van der Waals surface area contributed by atoms with Crippen molar-refractivity contribution in [1.29, 1.82) is 0 Å². The second-order valence-corrected chi connectivity index (χ2v) is 6.44. The third-order valence-electron chi connectivity index (χ3n) is 4.42. The number of hydrogen-bond acceptors (Lipinski definition) is 3. The van der Waals surface area contributed by atoms with Gasteiger partial charge in [0.05, 0.1) is 21.7 Å². The maximum absolute atomic E-state index is 14.0. The van der Waals surface area contributed by atoms with Crippen LogP contribution in [0.3, 0.4) is 0 Å². The number of nitrogens with zero attached hydrogens (tertiary/aromatic N) is 2. The van der Waals surface area contributed by atoms with E-state index in [1.165, 1.54) is 40.1 Å². The Bertz CT molecular complexity index is 890. The average Bonchev–Trinajstić information content (AvgIpc) is 2.67. The summed E-state index contributed by atoms with van der Waals surface area (Å²) in [7, 11) is 0. The summed E-state index contributed by atoms with van der Waals surface area (Å²) in [6, 6.07) is 10.0. The molecule has 2 aromatic carbocycles. The lowest BCUT2D eigenvalue weighted by molar-refractivity contribution is 0.0529.